The topological polar surface area (TPSA) is 26.3 Å². The molecule has 4 rings (SSSR count). The molecule has 162 valence electrons. The van der Waals surface area contributed by atoms with Gasteiger partial charge in [0.05, 0.1) is 0 Å². The SMILES string of the molecule is CC.CCC12CCC(COC)CC1CCC1C3CCC(C(C)=O)C3(C)CCC12. The Hall–Kier alpha value is -0.370. The van der Waals surface area contributed by atoms with Crippen LogP contribution in [-0.2, 0) is 9.53 Å². The first-order valence-electron chi connectivity index (χ1n) is 12.5. The lowest BCUT2D eigenvalue weighted by Gasteiger charge is -2.62. The van der Waals surface area contributed by atoms with Crippen molar-refractivity contribution in [3.05, 3.63) is 0 Å². The van der Waals surface area contributed by atoms with E-state index in [4.69, 9.17) is 4.74 Å². The van der Waals surface area contributed by atoms with E-state index < -0.39 is 0 Å². The molecule has 4 aliphatic rings. The van der Waals surface area contributed by atoms with E-state index in [1.54, 1.807) is 0 Å². The summed E-state index contributed by atoms with van der Waals surface area (Å²) in [5.41, 5.74) is 0.908. The third-order valence-corrected chi connectivity index (χ3v) is 10.0. The molecule has 8 atom stereocenters. The van der Waals surface area contributed by atoms with Crippen LogP contribution in [0.4, 0.5) is 0 Å². The molecule has 2 heteroatoms. The summed E-state index contributed by atoms with van der Waals surface area (Å²) >= 11 is 0. The number of methoxy groups -OCH3 is 1. The van der Waals surface area contributed by atoms with Gasteiger partial charge >= 0.3 is 0 Å². The number of carbonyl (C=O) groups excluding carboxylic acids is 1. The van der Waals surface area contributed by atoms with Crippen LogP contribution in [0.3, 0.4) is 0 Å². The maximum absolute atomic E-state index is 12.3. The highest BCUT2D eigenvalue weighted by molar-refractivity contribution is 5.79. The summed E-state index contributed by atoms with van der Waals surface area (Å²) in [6, 6.07) is 0. The summed E-state index contributed by atoms with van der Waals surface area (Å²) in [6.45, 7) is 11.8. The van der Waals surface area contributed by atoms with E-state index in [2.05, 4.69) is 13.8 Å². The Balaban J connectivity index is 0.00000109. The number of carbonyl (C=O) groups is 1. The summed E-state index contributed by atoms with van der Waals surface area (Å²) in [4.78, 5) is 12.3. The molecular formula is C26H46O2. The quantitative estimate of drug-likeness (QED) is 0.521. The summed E-state index contributed by atoms with van der Waals surface area (Å²) in [5.74, 6) is 5.18. The van der Waals surface area contributed by atoms with Gasteiger partial charge in [0.25, 0.3) is 0 Å². The van der Waals surface area contributed by atoms with Crippen molar-refractivity contribution in [2.45, 2.75) is 98.8 Å². The van der Waals surface area contributed by atoms with Crippen LogP contribution in [-0.4, -0.2) is 19.5 Å². The minimum atomic E-state index is 0.308. The monoisotopic (exact) mass is 390 g/mol. The molecule has 4 fully saturated rings. The molecule has 28 heavy (non-hydrogen) atoms. The fourth-order valence-electron chi connectivity index (χ4n) is 8.91. The molecule has 0 aromatic heterocycles. The zero-order valence-corrected chi connectivity index (χ0v) is 19.6. The highest BCUT2D eigenvalue weighted by Gasteiger charge is 2.61. The van der Waals surface area contributed by atoms with Crippen molar-refractivity contribution in [1.29, 1.82) is 0 Å². The second kappa shape index (κ2) is 8.78. The van der Waals surface area contributed by atoms with Gasteiger partial charge < -0.3 is 4.74 Å². The predicted octanol–water partition coefficient (Wildman–Crippen LogP) is 6.91. The average molecular weight is 391 g/mol. The van der Waals surface area contributed by atoms with Crippen LogP contribution in [0.5, 0.6) is 0 Å². The maximum atomic E-state index is 12.3. The molecular weight excluding hydrogens is 344 g/mol. The molecule has 0 aromatic rings. The number of hydrogen-bond acceptors (Lipinski definition) is 2. The van der Waals surface area contributed by atoms with Crippen LogP contribution in [0.15, 0.2) is 0 Å². The molecule has 4 aliphatic carbocycles. The van der Waals surface area contributed by atoms with Crippen molar-refractivity contribution in [2.24, 2.45) is 46.3 Å². The standard InChI is InChI=1S/C24H40O2.C2H6/c1-5-24-13-10-17(15-26-4)14-18(24)6-7-19-21-9-8-20(16(2)25)23(21,3)12-11-22(19)24;1-2/h17-22H,5-15H2,1-4H3;1-2H3. The zero-order valence-electron chi connectivity index (χ0n) is 19.6. The minimum absolute atomic E-state index is 0.308. The highest BCUT2D eigenvalue weighted by atomic mass is 16.5. The lowest BCUT2D eigenvalue weighted by Crippen LogP contribution is -2.54. The largest absolute Gasteiger partial charge is 0.384 e. The van der Waals surface area contributed by atoms with Crippen LogP contribution < -0.4 is 0 Å². The smallest absolute Gasteiger partial charge is 0.133 e. The van der Waals surface area contributed by atoms with Crippen molar-refractivity contribution in [3.63, 3.8) is 0 Å². The van der Waals surface area contributed by atoms with Crippen molar-refractivity contribution >= 4 is 5.78 Å². The fraction of sp³-hybridized carbons (Fsp3) is 0.962. The molecule has 0 amide bonds. The normalized spacial score (nSPS) is 47.2. The molecule has 0 saturated heterocycles. The highest BCUT2D eigenvalue weighted by Crippen LogP contribution is 2.68. The predicted molar refractivity (Wildman–Crippen MR) is 117 cm³/mol. The molecule has 0 spiro atoms. The van der Waals surface area contributed by atoms with Crippen LogP contribution in [0.2, 0.25) is 0 Å². The lowest BCUT2D eigenvalue weighted by atomic mass is 9.43. The Morgan fingerprint density at radius 1 is 1.00 bits per heavy atom. The first-order valence-corrected chi connectivity index (χ1v) is 12.5. The van der Waals surface area contributed by atoms with E-state index in [1.807, 2.05) is 27.9 Å². The number of fused-ring (bicyclic) bond motifs is 5. The molecule has 0 radical (unpaired) electrons. The Labute approximate surface area is 174 Å². The summed E-state index contributed by atoms with van der Waals surface area (Å²) in [6.07, 6.45) is 13.6. The molecule has 2 nitrogen and oxygen atoms in total. The first kappa shape index (κ1) is 22.3. The van der Waals surface area contributed by atoms with E-state index in [1.165, 1.54) is 57.8 Å². The summed E-state index contributed by atoms with van der Waals surface area (Å²) < 4.78 is 5.51. The fourth-order valence-corrected chi connectivity index (χ4v) is 8.91. The molecule has 4 saturated carbocycles. The van der Waals surface area contributed by atoms with Gasteiger partial charge in [0.15, 0.2) is 0 Å². The first-order chi connectivity index (χ1) is 13.5. The molecule has 8 unspecified atom stereocenters. The summed E-state index contributed by atoms with van der Waals surface area (Å²) in [5, 5.41) is 0. The van der Waals surface area contributed by atoms with Gasteiger partial charge in [0.1, 0.15) is 5.78 Å². The van der Waals surface area contributed by atoms with Crippen LogP contribution in [0.25, 0.3) is 0 Å². The molecule has 0 aliphatic heterocycles. The van der Waals surface area contributed by atoms with Crippen molar-refractivity contribution < 1.29 is 9.53 Å². The van der Waals surface area contributed by atoms with E-state index in [-0.39, 0.29) is 0 Å². The van der Waals surface area contributed by atoms with Crippen LogP contribution in [0, 0.1) is 46.3 Å². The lowest BCUT2D eigenvalue weighted by molar-refractivity contribution is -0.141. The third kappa shape index (κ3) is 3.40. The number of ether oxygens (including phenoxy) is 1. The second-order valence-electron chi connectivity index (χ2n) is 10.6. The summed E-state index contributed by atoms with van der Waals surface area (Å²) in [7, 11) is 1.87. The van der Waals surface area contributed by atoms with E-state index in [0.29, 0.717) is 22.5 Å². The van der Waals surface area contributed by atoms with Crippen molar-refractivity contribution in [2.75, 3.05) is 13.7 Å². The van der Waals surface area contributed by atoms with Gasteiger partial charge in [0.2, 0.25) is 0 Å². The van der Waals surface area contributed by atoms with Crippen molar-refractivity contribution in [3.8, 4) is 0 Å². The van der Waals surface area contributed by atoms with E-state index in [0.717, 1.165) is 42.6 Å². The second-order valence-corrected chi connectivity index (χ2v) is 10.6. The number of rotatable bonds is 4. The maximum Gasteiger partial charge on any atom is 0.133 e. The van der Waals surface area contributed by atoms with Gasteiger partial charge in [-0.05, 0) is 112 Å². The number of Topliss-reactive ketones (excluding diaryl/α,β-unsaturated/α-hetero) is 1. The van der Waals surface area contributed by atoms with Gasteiger partial charge in [-0.1, -0.05) is 27.7 Å². The van der Waals surface area contributed by atoms with Crippen LogP contribution in [0.1, 0.15) is 98.8 Å². The average Bonchev–Trinajstić information content (AvgIpc) is 3.07. The zero-order chi connectivity index (χ0) is 20.5. The van der Waals surface area contributed by atoms with E-state index >= 15 is 0 Å². The van der Waals surface area contributed by atoms with Gasteiger partial charge in [-0.25, -0.2) is 0 Å². The van der Waals surface area contributed by atoms with Crippen molar-refractivity contribution in [1.82, 2.24) is 0 Å². The Morgan fingerprint density at radius 2 is 1.75 bits per heavy atom. The molecule has 0 aromatic carbocycles. The molecule has 0 N–H and O–H groups in total. The molecule has 0 heterocycles. The van der Waals surface area contributed by atoms with E-state index in [9.17, 15) is 4.79 Å². The van der Waals surface area contributed by atoms with Gasteiger partial charge in [-0.3, -0.25) is 4.79 Å². The Kier molecular flexibility index (Phi) is 7.00. The van der Waals surface area contributed by atoms with Gasteiger partial charge in [0, 0.05) is 19.6 Å². The molecule has 0 bridgehead atoms. The minimum Gasteiger partial charge on any atom is -0.384 e. The van der Waals surface area contributed by atoms with Gasteiger partial charge in [-0.15, -0.1) is 0 Å². The number of hydrogen-bond donors (Lipinski definition) is 0. The third-order valence-electron chi connectivity index (χ3n) is 10.0. The van der Waals surface area contributed by atoms with Gasteiger partial charge in [-0.2, -0.15) is 0 Å². The Bertz CT molecular complexity index is 543. The Morgan fingerprint density at radius 3 is 2.39 bits per heavy atom. The van der Waals surface area contributed by atoms with Crippen LogP contribution >= 0.6 is 0 Å². The number of ketones is 1.